The van der Waals surface area contributed by atoms with Crippen LogP contribution in [0.25, 0.3) is 10.9 Å². The summed E-state index contributed by atoms with van der Waals surface area (Å²) >= 11 is 0. The lowest BCUT2D eigenvalue weighted by Crippen LogP contribution is -2.49. The van der Waals surface area contributed by atoms with E-state index in [4.69, 9.17) is 9.72 Å². The van der Waals surface area contributed by atoms with Gasteiger partial charge in [0.05, 0.1) is 24.3 Å². The van der Waals surface area contributed by atoms with E-state index in [0.717, 1.165) is 11.5 Å². The number of piperazine rings is 1. The standard InChI is InChI=1S/C24H25FN4O4S/c25-20-6-2-4-8-22(20)34(31,32)29-11-9-27(10-12-29)23-17-19(18-5-1-3-7-21(18)26-23)24(30)28-13-15-33-16-14-28/h1-8,17H,9-16H2. The van der Waals surface area contributed by atoms with Crippen LogP contribution in [0.15, 0.2) is 59.5 Å². The van der Waals surface area contributed by atoms with Crippen molar-refractivity contribution in [2.45, 2.75) is 4.90 Å². The highest BCUT2D eigenvalue weighted by atomic mass is 32.2. The van der Waals surface area contributed by atoms with E-state index in [1.165, 1.54) is 22.5 Å². The van der Waals surface area contributed by atoms with Gasteiger partial charge >= 0.3 is 0 Å². The summed E-state index contributed by atoms with van der Waals surface area (Å²) in [4.78, 5) is 21.5. The minimum atomic E-state index is -3.93. The van der Waals surface area contributed by atoms with E-state index in [0.29, 0.717) is 56.3 Å². The topological polar surface area (TPSA) is 83.1 Å². The summed E-state index contributed by atoms with van der Waals surface area (Å²) in [6, 6.07) is 14.7. The van der Waals surface area contributed by atoms with Crippen molar-refractivity contribution in [1.82, 2.24) is 14.2 Å². The molecule has 0 atom stereocenters. The monoisotopic (exact) mass is 484 g/mol. The van der Waals surface area contributed by atoms with Gasteiger partial charge in [-0.3, -0.25) is 4.79 Å². The molecule has 0 bridgehead atoms. The van der Waals surface area contributed by atoms with Crippen LogP contribution in [0.5, 0.6) is 0 Å². The number of para-hydroxylation sites is 1. The third kappa shape index (κ3) is 4.24. The summed E-state index contributed by atoms with van der Waals surface area (Å²) in [5, 5.41) is 0.781. The van der Waals surface area contributed by atoms with Crippen LogP contribution in [0.2, 0.25) is 0 Å². The Bertz CT molecular complexity index is 1320. The van der Waals surface area contributed by atoms with Crippen molar-refractivity contribution >= 4 is 32.7 Å². The van der Waals surface area contributed by atoms with E-state index >= 15 is 0 Å². The maximum atomic E-state index is 14.1. The predicted octanol–water partition coefficient (Wildman–Crippen LogP) is 2.36. The highest BCUT2D eigenvalue weighted by Gasteiger charge is 2.31. The minimum Gasteiger partial charge on any atom is -0.378 e. The van der Waals surface area contributed by atoms with Crippen LogP contribution in [-0.4, -0.2) is 81.0 Å². The number of halogens is 1. The number of hydrogen-bond donors (Lipinski definition) is 0. The lowest BCUT2D eigenvalue weighted by atomic mass is 10.1. The largest absolute Gasteiger partial charge is 0.378 e. The minimum absolute atomic E-state index is 0.0658. The molecule has 1 aromatic heterocycles. The number of rotatable bonds is 4. The number of pyridine rings is 1. The number of hydrogen-bond acceptors (Lipinski definition) is 6. The molecule has 34 heavy (non-hydrogen) atoms. The van der Waals surface area contributed by atoms with Gasteiger partial charge in [0.1, 0.15) is 16.5 Å². The quantitative estimate of drug-likeness (QED) is 0.566. The number of carbonyl (C=O) groups is 1. The molecule has 2 aliphatic heterocycles. The average Bonchev–Trinajstić information content (AvgIpc) is 2.88. The van der Waals surface area contributed by atoms with Crippen LogP contribution in [-0.2, 0) is 14.8 Å². The lowest BCUT2D eigenvalue weighted by Gasteiger charge is -2.35. The molecule has 0 aliphatic carbocycles. The Morgan fingerprint density at radius 2 is 1.59 bits per heavy atom. The Hall–Kier alpha value is -3.08. The van der Waals surface area contributed by atoms with E-state index < -0.39 is 15.8 Å². The van der Waals surface area contributed by atoms with E-state index in [1.807, 2.05) is 29.2 Å². The Morgan fingerprint density at radius 1 is 0.912 bits per heavy atom. The third-order valence-corrected chi connectivity index (χ3v) is 8.18. The molecule has 178 valence electrons. The van der Waals surface area contributed by atoms with Crippen molar-refractivity contribution in [2.24, 2.45) is 0 Å². The molecule has 0 radical (unpaired) electrons. The third-order valence-electron chi connectivity index (χ3n) is 6.25. The summed E-state index contributed by atoms with van der Waals surface area (Å²) in [7, 11) is -3.93. The first-order chi connectivity index (χ1) is 16.4. The smallest absolute Gasteiger partial charge is 0.254 e. The Kier molecular flexibility index (Phi) is 6.20. The van der Waals surface area contributed by atoms with Crippen molar-refractivity contribution in [3.05, 3.63) is 66.0 Å². The number of anilines is 1. The van der Waals surface area contributed by atoms with Crippen molar-refractivity contribution in [3.63, 3.8) is 0 Å². The fourth-order valence-electron chi connectivity index (χ4n) is 4.39. The number of carbonyl (C=O) groups excluding carboxylic acids is 1. The van der Waals surface area contributed by atoms with E-state index in [2.05, 4.69) is 0 Å². The zero-order chi connectivity index (χ0) is 23.7. The normalized spacial score (nSPS) is 17.8. The second-order valence-corrected chi connectivity index (χ2v) is 10.2. The molecule has 2 aromatic carbocycles. The fourth-order valence-corrected chi connectivity index (χ4v) is 5.87. The number of amides is 1. The van der Waals surface area contributed by atoms with Gasteiger partial charge in [-0.15, -0.1) is 0 Å². The van der Waals surface area contributed by atoms with Gasteiger partial charge in [-0.25, -0.2) is 17.8 Å². The molecule has 3 heterocycles. The molecule has 3 aromatic rings. The zero-order valence-corrected chi connectivity index (χ0v) is 19.4. The predicted molar refractivity (Wildman–Crippen MR) is 126 cm³/mol. The van der Waals surface area contributed by atoms with Crippen molar-refractivity contribution in [1.29, 1.82) is 0 Å². The fraction of sp³-hybridized carbons (Fsp3) is 0.333. The summed E-state index contributed by atoms with van der Waals surface area (Å²) in [5.41, 5.74) is 1.28. The molecule has 2 aliphatic rings. The zero-order valence-electron chi connectivity index (χ0n) is 18.6. The molecular weight excluding hydrogens is 459 g/mol. The molecule has 8 nitrogen and oxygen atoms in total. The van der Waals surface area contributed by atoms with Gasteiger partial charge in [-0.1, -0.05) is 30.3 Å². The first-order valence-corrected chi connectivity index (χ1v) is 12.7. The number of ether oxygens (including phenoxy) is 1. The molecule has 0 unspecified atom stereocenters. The number of aromatic nitrogens is 1. The molecule has 10 heteroatoms. The Balaban J connectivity index is 1.40. The van der Waals surface area contributed by atoms with Gasteiger partial charge in [0, 0.05) is 44.7 Å². The van der Waals surface area contributed by atoms with Crippen LogP contribution >= 0.6 is 0 Å². The van der Waals surface area contributed by atoms with Crippen molar-refractivity contribution in [3.8, 4) is 0 Å². The van der Waals surface area contributed by atoms with Crippen LogP contribution in [0, 0.1) is 5.82 Å². The molecule has 5 rings (SSSR count). The van der Waals surface area contributed by atoms with Gasteiger partial charge < -0.3 is 14.5 Å². The molecule has 0 spiro atoms. The SMILES string of the molecule is O=C(c1cc(N2CCN(S(=O)(=O)c3ccccc3F)CC2)nc2ccccc12)N1CCOCC1. The van der Waals surface area contributed by atoms with E-state index in [-0.39, 0.29) is 23.9 Å². The number of sulfonamides is 1. The maximum absolute atomic E-state index is 14.1. The highest BCUT2D eigenvalue weighted by molar-refractivity contribution is 7.89. The second kappa shape index (κ2) is 9.28. The summed E-state index contributed by atoms with van der Waals surface area (Å²) in [6.07, 6.45) is 0. The number of nitrogens with zero attached hydrogens (tertiary/aromatic N) is 4. The number of fused-ring (bicyclic) bond motifs is 1. The van der Waals surface area contributed by atoms with Crippen molar-refractivity contribution < 1.29 is 22.3 Å². The number of benzene rings is 2. The lowest BCUT2D eigenvalue weighted by molar-refractivity contribution is 0.0304. The van der Waals surface area contributed by atoms with Gasteiger partial charge in [0.15, 0.2) is 0 Å². The first-order valence-electron chi connectivity index (χ1n) is 11.2. The molecule has 2 saturated heterocycles. The van der Waals surface area contributed by atoms with Crippen LogP contribution < -0.4 is 4.90 Å². The maximum Gasteiger partial charge on any atom is 0.254 e. The first kappa shape index (κ1) is 22.7. The summed E-state index contributed by atoms with van der Waals surface area (Å²) in [5.74, 6) is -0.199. The van der Waals surface area contributed by atoms with Gasteiger partial charge in [0.2, 0.25) is 10.0 Å². The van der Waals surface area contributed by atoms with Crippen LogP contribution in [0.1, 0.15) is 10.4 Å². The van der Waals surface area contributed by atoms with Crippen molar-refractivity contribution in [2.75, 3.05) is 57.4 Å². The molecule has 0 saturated carbocycles. The average molecular weight is 485 g/mol. The molecule has 0 N–H and O–H groups in total. The van der Waals surface area contributed by atoms with E-state index in [9.17, 15) is 17.6 Å². The van der Waals surface area contributed by atoms with Crippen LogP contribution in [0.3, 0.4) is 0 Å². The van der Waals surface area contributed by atoms with Crippen LogP contribution in [0.4, 0.5) is 10.2 Å². The van der Waals surface area contributed by atoms with E-state index in [1.54, 1.807) is 11.0 Å². The Labute approximate surface area is 197 Å². The second-order valence-electron chi connectivity index (χ2n) is 8.27. The molecular formula is C24H25FN4O4S. The molecule has 2 fully saturated rings. The number of morpholine rings is 1. The van der Waals surface area contributed by atoms with Gasteiger partial charge in [-0.05, 0) is 24.3 Å². The van der Waals surface area contributed by atoms with Gasteiger partial charge in [-0.2, -0.15) is 4.31 Å². The summed E-state index contributed by atoms with van der Waals surface area (Å²) < 4.78 is 46.7. The summed E-state index contributed by atoms with van der Waals surface area (Å²) in [6.45, 7) is 3.25. The van der Waals surface area contributed by atoms with Gasteiger partial charge in [0.25, 0.3) is 5.91 Å². The molecule has 1 amide bonds. The highest BCUT2D eigenvalue weighted by Crippen LogP contribution is 2.27. The Morgan fingerprint density at radius 3 is 2.32 bits per heavy atom.